The Kier molecular flexibility index (Phi) is 6.75. The molecule has 26 heavy (non-hydrogen) atoms. The summed E-state index contributed by atoms with van der Waals surface area (Å²) >= 11 is 0. The van der Waals surface area contributed by atoms with Gasteiger partial charge in [-0.05, 0) is 45.6 Å². The summed E-state index contributed by atoms with van der Waals surface area (Å²) in [5, 5.41) is 9.02. The quantitative estimate of drug-likeness (QED) is 0.856. The zero-order valence-electron chi connectivity index (χ0n) is 15.4. The van der Waals surface area contributed by atoms with Gasteiger partial charge in [-0.2, -0.15) is 0 Å². The van der Waals surface area contributed by atoms with Crippen LogP contribution in [-0.4, -0.2) is 46.4 Å². The number of rotatable bonds is 5. The molecule has 6 nitrogen and oxygen atoms in total. The summed E-state index contributed by atoms with van der Waals surface area (Å²) in [6.07, 6.45) is -0.382. The number of amides is 1. The molecule has 1 N–H and O–H groups in total. The van der Waals surface area contributed by atoms with Crippen molar-refractivity contribution < 1.29 is 28.2 Å². The Hall–Kier alpha value is -1.96. The van der Waals surface area contributed by atoms with Gasteiger partial charge in [0.2, 0.25) is 0 Å². The lowest BCUT2D eigenvalue weighted by Gasteiger charge is -2.33. The Labute approximate surface area is 152 Å². The summed E-state index contributed by atoms with van der Waals surface area (Å²) in [6, 6.07) is 1.16. The summed E-state index contributed by atoms with van der Waals surface area (Å²) in [6.45, 7) is 6.44. The van der Waals surface area contributed by atoms with E-state index in [1.54, 1.807) is 4.90 Å². The molecule has 0 saturated carbocycles. The molecule has 0 bridgehead atoms. The standard InChI is InChI=1S/C18H26F2N2O4/c1-18(2,3)26-17(24)22-6-4-12(5-7-22)11-25-15-9-21-13(10-23)8-14(15)16(19)20/h8-9,12,16,23H,4-7,10-11H2,1-3H3. The second kappa shape index (κ2) is 8.62. The van der Waals surface area contributed by atoms with Gasteiger partial charge in [0.05, 0.1) is 30.7 Å². The Morgan fingerprint density at radius 2 is 2.04 bits per heavy atom. The maximum absolute atomic E-state index is 13.1. The minimum Gasteiger partial charge on any atom is -0.491 e. The smallest absolute Gasteiger partial charge is 0.410 e. The van der Waals surface area contributed by atoms with Gasteiger partial charge in [-0.25, -0.2) is 13.6 Å². The molecular formula is C18H26F2N2O4. The third kappa shape index (κ3) is 5.79. The van der Waals surface area contributed by atoms with Crippen molar-refractivity contribution in [3.05, 3.63) is 23.5 Å². The SMILES string of the molecule is CC(C)(C)OC(=O)N1CCC(COc2cnc(CO)cc2C(F)F)CC1. The number of hydrogen-bond donors (Lipinski definition) is 1. The van der Waals surface area contributed by atoms with Crippen molar-refractivity contribution in [1.82, 2.24) is 9.88 Å². The number of aromatic nitrogens is 1. The molecule has 0 spiro atoms. The first-order chi connectivity index (χ1) is 12.2. The van der Waals surface area contributed by atoms with Crippen LogP contribution in [0.3, 0.4) is 0 Å². The lowest BCUT2D eigenvalue weighted by Crippen LogP contribution is -2.42. The van der Waals surface area contributed by atoms with Crippen LogP contribution in [0.4, 0.5) is 13.6 Å². The number of carbonyl (C=O) groups is 1. The number of aliphatic hydroxyl groups excluding tert-OH is 1. The predicted molar refractivity (Wildman–Crippen MR) is 91.1 cm³/mol. The fourth-order valence-corrected chi connectivity index (χ4v) is 2.70. The van der Waals surface area contributed by atoms with Crippen LogP contribution in [0.15, 0.2) is 12.3 Å². The van der Waals surface area contributed by atoms with Gasteiger partial charge in [0.15, 0.2) is 0 Å². The molecule has 0 aromatic carbocycles. The summed E-state index contributed by atoms with van der Waals surface area (Å²) in [5.41, 5.74) is -0.621. The number of likely N-dealkylation sites (tertiary alicyclic amines) is 1. The molecule has 1 aromatic heterocycles. The van der Waals surface area contributed by atoms with E-state index in [1.165, 1.54) is 6.20 Å². The van der Waals surface area contributed by atoms with Gasteiger partial charge in [0.25, 0.3) is 6.43 Å². The lowest BCUT2D eigenvalue weighted by atomic mass is 9.98. The number of piperidine rings is 1. The Morgan fingerprint density at radius 1 is 1.38 bits per heavy atom. The normalized spacial score (nSPS) is 16.0. The molecule has 2 rings (SSSR count). The van der Waals surface area contributed by atoms with E-state index in [2.05, 4.69) is 4.98 Å². The maximum Gasteiger partial charge on any atom is 0.410 e. The molecule has 1 fully saturated rings. The highest BCUT2D eigenvalue weighted by Crippen LogP contribution is 2.30. The van der Waals surface area contributed by atoms with E-state index in [4.69, 9.17) is 14.6 Å². The highest BCUT2D eigenvalue weighted by atomic mass is 19.3. The van der Waals surface area contributed by atoms with Gasteiger partial charge >= 0.3 is 6.09 Å². The predicted octanol–water partition coefficient (Wildman–Crippen LogP) is 3.54. The average Bonchev–Trinajstić information content (AvgIpc) is 2.58. The lowest BCUT2D eigenvalue weighted by molar-refractivity contribution is 0.0163. The molecule has 146 valence electrons. The molecule has 0 aliphatic carbocycles. The number of pyridine rings is 1. The van der Waals surface area contributed by atoms with Crippen molar-refractivity contribution in [2.24, 2.45) is 5.92 Å². The van der Waals surface area contributed by atoms with E-state index in [9.17, 15) is 13.6 Å². The number of alkyl halides is 2. The van der Waals surface area contributed by atoms with Crippen molar-refractivity contribution in [2.75, 3.05) is 19.7 Å². The molecule has 0 atom stereocenters. The molecule has 1 aromatic rings. The third-order valence-corrected chi connectivity index (χ3v) is 4.09. The Bertz CT molecular complexity index is 612. The van der Waals surface area contributed by atoms with Crippen LogP contribution in [0, 0.1) is 5.92 Å². The summed E-state index contributed by atoms with van der Waals surface area (Å²) in [5.74, 6) is 0.198. The monoisotopic (exact) mass is 372 g/mol. The fraction of sp³-hybridized carbons (Fsp3) is 0.667. The fourth-order valence-electron chi connectivity index (χ4n) is 2.70. The first kappa shape index (κ1) is 20.4. The molecule has 2 heterocycles. The van der Waals surface area contributed by atoms with Crippen molar-refractivity contribution in [3.8, 4) is 5.75 Å². The van der Waals surface area contributed by atoms with Crippen LogP contribution < -0.4 is 4.74 Å². The maximum atomic E-state index is 13.1. The van der Waals surface area contributed by atoms with Gasteiger partial charge in [-0.1, -0.05) is 0 Å². The summed E-state index contributed by atoms with van der Waals surface area (Å²) in [4.78, 5) is 17.6. The van der Waals surface area contributed by atoms with Gasteiger partial charge < -0.3 is 19.5 Å². The average molecular weight is 372 g/mol. The number of halogens is 2. The second-order valence-corrected chi connectivity index (χ2v) is 7.39. The van der Waals surface area contributed by atoms with Gasteiger partial charge in [-0.3, -0.25) is 4.98 Å². The van der Waals surface area contributed by atoms with Crippen LogP contribution in [0.1, 0.15) is 51.3 Å². The van der Waals surface area contributed by atoms with Crippen LogP contribution >= 0.6 is 0 Å². The van der Waals surface area contributed by atoms with E-state index in [0.717, 1.165) is 6.07 Å². The van der Waals surface area contributed by atoms with Gasteiger partial charge in [0, 0.05) is 13.1 Å². The Balaban J connectivity index is 1.86. The van der Waals surface area contributed by atoms with Crippen molar-refractivity contribution >= 4 is 6.09 Å². The topological polar surface area (TPSA) is 71.9 Å². The number of ether oxygens (including phenoxy) is 2. The Morgan fingerprint density at radius 3 is 2.58 bits per heavy atom. The molecule has 1 saturated heterocycles. The molecule has 0 unspecified atom stereocenters. The largest absolute Gasteiger partial charge is 0.491 e. The van der Waals surface area contributed by atoms with Crippen molar-refractivity contribution in [3.63, 3.8) is 0 Å². The number of carbonyl (C=O) groups excluding carboxylic acids is 1. The van der Waals surface area contributed by atoms with Crippen molar-refractivity contribution in [2.45, 2.75) is 52.2 Å². The first-order valence-corrected chi connectivity index (χ1v) is 8.68. The zero-order valence-corrected chi connectivity index (χ0v) is 15.4. The van der Waals surface area contributed by atoms with E-state index in [-0.39, 0.29) is 35.6 Å². The van der Waals surface area contributed by atoms with Crippen molar-refractivity contribution in [1.29, 1.82) is 0 Å². The third-order valence-electron chi connectivity index (χ3n) is 4.09. The minimum atomic E-state index is -2.70. The number of aliphatic hydroxyl groups is 1. The van der Waals surface area contributed by atoms with E-state index < -0.39 is 18.6 Å². The highest BCUT2D eigenvalue weighted by molar-refractivity contribution is 5.68. The molecule has 8 heteroatoms. The molecule has 1 amide bonds. The van der Waals surface area contributed by atoms with Gasteiger partial charge in [-0.15, -0.1) is 0 Å². The molecule has 0 radical (unpaired) electrons. The van der Waals surface area contributed by atoms with Crippen LogP contribution in [0.2, 0.25) is 0 Å². The molecule has 1 aliphatic heterocycles. The zero-order chi connectivity index (χ0) is 19.3. The molecule has 1 aliphatic rings. The van der Waals surface area contributed by atoms with Crippen LogP contribution in [0.5, 0.6) is 5.75 Å². The number of nitrogens with zero attached hydrogens (tertiary/aromatic N) is 2. The van der Waals surface area contributed by atoms with Crippen LogP contribution in [0.25, 0.3) is 0 Å². The van der Waals surface area contributed by atoms with E-state index >= 15 is 0 Å². The summed E-state index contributed by atoms with van der Waals surface area (Å²) < 4.78 is 37.2. The second-order valence-electron chi connectivity index (χ2n) is 7.39. The summed E-state index contributed by atoms with van der Waals surface area (Å²) in [7, 11) is 0. The number of hydrogen-bond acceptors (Lipinski definition) is 5. The molecular weight excluding hydrogens is 346 g/mol. The first-order valence-electron chi connectivity index (χ1n) is 8.68. The van der Waals surface area contributed by atoms with E-state index in [1.807, 2.05) is 20.8 Å². The van der Waals surface area contributed by atoms with Gasteiger partial charge in [0.1, 0.15) is 11.4 Å². The highest BCUT2D eigenvalue weighted by Gasteiger charge is 2.27. The van der Waals surface area contributed by atoms with E-state index in [0.29, 0.717) is 25.9 Å². The van der Waals surface area contributed by atoms with Crippen LogP contribution in [-0.2, 0) is 11.3 Å². The minimum absolute atomic E-state index is 0.0340.